The summed E-state index contributed by atoms with van der Waals surface area (Å²) in [6.07, 6.45) is 4.23. The van der Waals surface area contributed by atoms with Crippen molar-refractivity contribution in [1.29, 1.82) is 0 Å². The molecule has 0 saturated heterocycles. The minimum absolute atomic E-state index is 0.00713. The van der Waals surface area contributed by atoms with E-state index in [4.69, 9.17) is 4.42 Å². The van der Waals surface area contributed by atoms with Gasteiger partial charge < -0.3 is 14.2 Å². The number of hydrogen-bond acceptors (Lipinski definition) is 3. The zero-order chi connectivity index (χ0) is 21.9. The number of benzene rings is 2. The number of rotatable bonds is 11. The minimum atomic E-state index is -0.115. The molecule has 160 valence electrons. The van der Waals surface area contributed by atoms with Gasteiger partial charge in [-0.25, -0.2) is 0 Å². The van der Waals surface area contributed by atoms with Crippen LogP contribution in [0, 0.1) is 0 Å². The normalized spacial score (nSPS) is 10.5. The third-order valence-corrected chi connectivity index (χ3v) is 5.02. The van der Waals surface area contributed by atoms with Gasteiger partial charge in [0.15, 0.2) is 0 Å². The predicted molar refractivity (Wildman–Crippen MR) is 121 cm³/mol. The lowest BCUT2D eigenvalue weighted by atomic mass is 10.1. The summed E-state index contributed by atoms with van der Waals surface area (Å²) in [5, 5.41) is 0. The molecule has 3 rings (SSSR count). The molecule has 0 bridgehead atoms. The highest BCUT2D eigenvalue weighted by Crippen LogP contribution is 2.10. The molecule has 0 radical (unpaired) electrons. The summed E-state index contributed by atoms with van der Waals surface area (Å²) >= 11 is 0. The molecule has 0 atom stereocenters. The van der Waals surface area contributed by atoms with E-state index in [9.17, 15) is 9.59 Å². The summed E-state index contributed by atoms with van der Waals surface area (Å²) in [5.74, 6) is 0.503. The zero-order valence-electron chi connectivity index (χ0n) is 17.7. The first-order valence-electron chi connectivity index (χ1n) is 10.4. The van der Waals surface area contributed by atoms with Crippen molar-refractivity contribution in [2.45, 2.75) is 19.4 Å². The van der Waals surface area contributed by atoms with Gasteiger partial charge in [0.25, 0.3) is 0 Å². The second-order valence-corrected chi connectivity index (χ2v) is 7.36. The van der Waals surface area contributed by atoms with E-state index < -0.39 is 0 Å². The Morgan fingerprint density at radius 3 is 2.13 bits per heavy atom. The molecule has 1 aromatic heterocycles. The van der Waals surface area contributed by atoms with Crippen molar-refractivity contribution in [3.8, 4) is 0 Å². The molecule has 5 nitrogen and oxygen atoms in total. The Balaban J connectivity index is 1.68. The monoisotopic (exact) mass is 416 g/mol. The first kappa shape index (κ1) is 22.1. The van der Waals surface area contributed by atoms with Gasteiger partial charge in [-0.15, -0.1) is 6.58 Å². The van der Waals surface area contributed by atoms with E-state index in [2.05, 4.69) is 6.58 Å². The molecule has 0 unspecified atom stereocenters. The summed E-state index contributed by atoms with van der Waals surface area (Å²) in [4.78, 5) is 29.3. The molecule has 0 saturated carbocycles. The first-order valence-corrected chi connectivity index (χ1v) is 10.4. The average molecular weight is 417 g/mol. The first-order chi connectivity index (χ1) is 15.2. The molecule has 2 amide bonds. The Labute approximate surface area is 183 Å². The zero-order valence-corrected chi connectivity index (χ0v) is 17.7. The molecule has 2 aromatic carbocycles. The van der Waals surface area contributed by atoms with Crippen molar-refractivity contribution >= 4 is 11.8 Å². The lowest BCUT2D eigenvalue weighted by Gasteiger charge is -2.27. The standard InChI is InChI=1S/C26H28N2O3/c1-2-16-27(25(29)19-23-12-7-4-8-13-23)21-26(30)28(20-24-14-9-18-31-24)17-15-22-10-5-3-6-11-22/h2-14,18H,1,15-17,19-21H2. The molecule has 0 fully saturated rings. The number of hydrogen-bond donors (Lipinski definition) is 0. The largest absolute Gasteiger partial charge is 0.467 e. The van der Waals surface area contributed by atoms with Crippen LogP contribution in [0.25, 0.3) is 0 Å². The van der Waals surface area contributed by atoms with E-state index in [0.717, 1.165) is 17.5 Å². The van der Waals surface area contributed by atoms with Crippen LogP contribution >= 0.6 is 0 Å². The molecular formula is C26H28N2O3. The summed E-state index contributed by atoms with van der Waals surface area (Å²) < 4.78 is 5.45. The fourth-order valence-electron chi connectivity index (χ4n) is 3.35. The second-order valence-electron chi connectivity index (χ2n) is 7.36. The topological polar surface area (TPSA) is 53.8 Å². The summed E-state index contributed by atoms with van der Waals surface area (Å²) in [6, 6.07) is 23.2. The van der Waals surface area contributed by atoms with Crippen LogP contribution < -0.4 is 0 Å². The predicted octanol–water partition coefficient (Wildman–Crippen LogP) is 4.11. The van der Waals surface area contributed by atoms with Crippen LogP contribution in [-0.4, -0.2) is 41.2 Å². The van der Waals surface area contributed by atoms with Gasteiger partial charge >= 0.3 is 0 Å². The van der Waals surface area contributed by atoms with E-state index in [-0.39, 0.29) is 24.8 Å². The molecule has 0 aliphatic heterocycles. The van der Waals surface area contributed by atoms with Crippen LogP contribution in [0.5, 0.6) is 0 Å². The van der Waals surface area contributed by atoms with E-state index in [0.29, 0.717) is 25.4 Å². The smallest absolute Gasteiger partial charge is 0.242 e. The highest BCUT2D eigenvalue weighted by molar-refractivity contribution is 5.86. The van der Waals surface area contributed by atoms with Crippen LogP contribution in [0.2, 0.25) is 0 Å². The third-order valence-electron chi connectivity index (χ3n) is 5.02. The number of furan rings is 1. The lowest BCUT2D eigenvalue weighted by molar-refractivity contribution is -0.140. The van der Waals surface area contributed by atoms with Gasteiger partial charge in [-0.2, -0.15) is 0 Å². The SMILES string of the molecule is C=CCN(CC(=O)N(CCc1ccccc1)Cc1ccco1)C(=O)Cc1ccccc1. The van der Waals surface area contributed by atoms with Gasteiger partial charge in [-0.3, -0.25) is 9.59 Å². The van der Waals surface area contributed by atoms with Crippen molar-refractivity contribution in [2.75, 3.05) is 19.6 Å². The second kappa shape index (κ2) is 11.6. The van der Waals surface area contributed by atoms with Crippen LogP contribution in [-0.2, 0) is 29.0 Å². The van der Waals surface area contributed by atoms with Crippen LogP contribution in [0.15, 0.2) is 96.1 Å². The number of carbonyl (C=O) groups excluding carboxylic acids is 2. The van der Waals surface area contributed by atoms with E-state index in [1.807, 2.05) is 72.8 Å². The number of carbonyl (C=O) groups is 2. The number of amides is 2. The van der Waals surface area contributed by atoms with E-state index >= 15 is 0 Å². The van der Waals surface area contributed by atoms with Gasteiger partial charge in [0, 0.05) is 13.1 Å². The van der Waals surface area contributed by atoms with Crippen LogP contribution in [0.3, 0.4) is 0 Å². The minimum Gasteiger partial charge on any atom is -0.467 e. The molecule has 5 heteroatoms. The summed E-state index contributed by atoms with van der Waals surface area (Å²) in [6.45, 7) is 4.98. The van der Waals surface area contributed by atoms with Gasteiger partial charge in [-0.05, 0) is 29.7 Å². The molecule has 31 heavy (non-hydrogen) atoms. The van der Waals surface area contributed by atoms with Gasteiger partial charge in [0.05, 0.1) is 19.2 Å². The Kier molecular flexibility index (Phi) is 8.23. The molecule has 0 spiro atoms. The van der Waals surface area contributed by atoms with Crippen molar-refractivity contribution in [2.24, 2.45) is 0 Å². The third kappa shape index (κ3) is 7.00. The maximum Gasteiger partial charge on any atom is 0.242 e. The molecule has 1 heterocycles. The fourth-order valence-corrected chi connectivity index (χ4v) is 3.35. The summed E-state index contributed by atoms with van der Waals surface area (Å²) in [7, 11) is 0. The maximum absolute atomic E-state index is 13.2. The fraction of sp³-hybridized carbons (Fsp3) is 0.231. The van der Waals surface area contributed by atoms with Gasteiger partial charge in [0.1, 0.15) is 12.3 Å². The Morgan fingerprint density at radius 2 is 1.52 bits per heavy atom. The highest BCUT2D eigenvalue weighted by Gasteiger charge is 2.21. The quantitative estimate of drug-likeness (QED) is 0.442. The Bertz CT molecular complexity index is 953. The highest BCUT2D eigenvalue weighted by atomic mass is 16.3. The average Bonchev–Trinajstić information content (AvgIpc) is 3.31. The summed E-state index contributed by atoms with van der Waals surface area (Å²) in [5.41, 5.74) is 2.08. The molecule has 3 aromatic rings. The molecule has 0 N–H and O–H groups in total. The molecule has 0 aliphatic carbocycles. The van der Waals surface area contributed by atoms with Crippen molar-refractivity contribution in [3.05, 3.63) is 109 Å². The van der Waals surface area contributed by atoms with Crippen molar-refractivity contribution in [3.63, 3.8) is 0 Å². The Morgan fingerprint density at radius 1 is 0.839 bits per heavy atom. The lowest BCUT2D eigenvalue weighted by Crippen LogP contribution is -2.43. The molecular weight excluding hydrogens is 388 g/mol. The van der Waals surface area contributed by atoms with Crippen molar-refractivity contribution < 1.29 is 14.0 Å². The molecule has 0 aliphatic rings. The van der Waals surface area contributed by atoms with Gasteiger partial charge in [0.2, 0.25) is 11.8 Å². The van der Waals surface area contributed by atoms with E-state index in [1.165, 1.54) is 0 Å². The number of nitrogens with zero attached hydrogens (tertiary/aromatic N) is 2. The Hall–Kier alpha value is -3.60. The van der Waals surface area contributed by atoms with Crippen LogP contribution in [0.1, 0.15) is 16.9 Å². The van der Waals surface area contributed by atoms with Crippen molar-refractivity contribution in [1.82, 2.24) is 9.80 Å². The van der Waals surface area contributed by atoms with E-state index in [1.54, 1.807) is 22.1 Å². The maximum atomic E-state index is 13.2. The van der Waals surface area contributed by atoms with Crippen LogP contribution in [0.4, 0.5) is 0 Å². The van der Waals surface area contributed by atoms with Gasteiger partial charge in [-0.1, -0.05) is 66.7 Å².